The number of nitrogens with zero attached hydrogens (tertiary/aromatic N) is 1. The van der Waals surface area contributed by atoms with Gasteiger partial charge in [-0.1, -0.05) is 5.16 Å². The smallest absolute Gasteiger partial charge is 0.158 e. The zero-order chi connectivity index (χ0) is 11.3. The molecule has 1 aromatic carbocycles. The Morgan fingerprint density at radius 2 is 2.40 bits per heavy atom. The second-order valence-electron chi connectivity index (χ2n) is 2.79. The minimum atomic E-state index is -0.429. The highest BCUT2D eigenvalue weighted by Crippen LogP contribution is 2.20. The topological polar surface area (TPSA) is 79.9 Å². The van der Waals surface area contributed by atoms with E-state index in [1.54, 1.807) is 0 Å². The normalized spacial score (nSPS) is 11.2. The molecule has 5 nitrogen and oxygen atoms in total. The Morgan fingerprint density at radius 3 is 3.00 bits per heavy atom. The van der Waals surface area contributed by atoms with E-state index in [1.165, 1.54) is 25.3 Å². The molecule has 0 aliphatic rings. The van der Waals surface area contributed by atoms with E-state index >= 15 is 0 Å². The number of benzene rings is 1. The molecular weight excluding hydrogens is 201 g/mol. The molecule has 4 N–H and O–H groups in total. The van der Waals surface area contributed by atoms with Gasteiger partial charge in [0.2, 0.25) is 0 Å². The molecule has 0 saturated heterocycles. The van der Waals surface area contributed by atoms with Gasteiger partial charge in [0, 0.05) is 6.07 Å². The molecule has 6 heteroatoms. The van der Waals surface area contributed by atoms with E-state index in [4.69, 9.17) is 15.7 Å². The quantitative estimate of drug-likeness (QED) is 0.301. The highest BCUT2D eigenvalue weighted by molar-refractivity contribution is 5.84. The Labute approximate surface area is 86.3 Å². The number of anilines is 1. The third-order valence-corrected chi connectivity index (χ3v) is 1.76. The first kappa shape index (κ1) is 11.1. The Balaban J connectivity index is 2.75. The van der Waals surface area contributed by atoms with Crippen molar-refractivity contribution < 1.29 is 14.3 Å². The van der Waals surface area contributed by atoms with Crippen molar-refractivity contribution in [2.24, 2.45) is 10.9 Å². The summed E-state index contributed by atoms with van der Waals surface area (Å²) in [6, 6.07) is 4.26. The SMILES string of the molecule is COc1ccc(F)c(NCC(N)=NO)c1. The van der Waals surface area contributed by atoms with Crippen molar-refractivity contribution in [2.45, 2.75) is 0 Å². The van der Waals surface area contributed by atoms with E-state index in [9.17, 15) is 4.39 Å². The van der Waals surface area contributed by atoms with Crippen molar-refractivity contribution >= 4 is 11.5 Å². The van der Waals surface area contributed by atoms with Gasteiger partial charge >= 0.3 is 0 Å². The molecule has 0 amide bonds. The van der Waals surface area contributed by atoms with Crippen LogP contribution >= 0.6 is 0 Å². The maximum Gasteiger partial charge on any atom is 0.158 e. The van der Waals surface area contributed by atoms with Crippen molar-refractivity contribution in [1.29, 1.82) is 0 Å². The van der Waals surface area contributed by atoms with Crippen LogP contribution in [0.1, 0.15) is 0 Å². The molecule has 0 aliphatic heterocycles. The molecule has 0 unspecified atom stereocenters. The van der Waals surface area contributed by atoms with Crippen molar-refractivity contribution in [1.82, 2.24) is 0 Å². The molecule has 0 atom stereocenters. The number of nitrogens with one attached hydrogen (secondary N) is 1. The highest BCUT2D eigenvalue weighted by atomic mass is 19.1. The van der Waals surface area contributed by atoms with Gasteiger partial charge < -0.3 is 21.0 Å². The molecule has 0 aromatic heterocycles. The molecule has 15 heavy (non-hydrogen) atoms. The van der Waals surface area contributed by atoms with Crippen LogP contribution in [0.25, 0.3) is 0 Å². The second kappa shape index (κ2) is 5.04. The van der Waals surface area contributed by atoms with Crippen LogP contribution in [0, 0.1) is 5.82 Å². The van der Waals surface area contributed by atoms with Crippen LogP contribution in [-0.2, 0) is 0 Å². The molecule has 0 bridgehead atoms. The number of hydrogen-bond acceptors (Lipinski definition) is 4. The molecule has 0 heterocycles. The summed E-state index contributed by atoms with van der Waals surface area (Å²) in [4.78, 5) is 0. The van der Waals surface area contributed by atoms with Gasteiger partial charge in [-0.3, -0.25) is 0 Å². The molecule has 0 fully saturated rings. The van der Waals surface area contributed by atoms with Gasteiger partial charge in [0.25, 0.3) is 0 Å². The average molecular weight is 213 g/mol. The number of oxime groups is 1. The fraction of sp³-hybridized carbons (Fsp3) is 0.222. The van der Waals surface area contributed by atoms with E-state index in [2.05, 4.69) is 10.5 Å². The van der Waals surface area contributed by atoms with Crippen molar-refractivity contribution in [3.63, 3.8) is 0 Å². The summed E-state index contributed by atoms with van der Waals surface area (Å²) in [5.74, 6) is 0.0668. The second-order valence-corrected chi connectivity index (χ2v) is 2.79. The van der Waals surface area contributed by atoms with Crippen LogP contribution in [0.3, 0.4) is 0 Å². The lowest BCUT2D eigenvalue weighted by Crippen LogP contribution is -2.22. The van der Waals surface area contributed by atoms with Crippen LogP contribution in [0.2, 0.25) is 0 Å². The van der Waals surface area contributed by atoms with Crippen LogP contribution in [0.15, 0.2) is 23.4 Å². The molecule has 0 aliphatic carbocycles. The maximum atomic E-state index is 13.2. The van der Waals surface area contributed by atoms with E-state index in [-0.39, 0.29) is 18.1 Å². The van der Waals surface area contributed by atoms with Crippen LogP contribution in [0.5, 0.6) is 5.75 Å². The summed E-state index contributed by atoms with van der Waals surface area (Å²) in [5.41, 5.74) is 5.46. The minimum Gasteiger partial charge on any atom is -0.497 e. The molecule has 0 spiro atoms. The predicted molar refractivity (Wildman–Crippen MR) is 54.9 cm³/mol. The number of methoxy groups -OCH3 is 1. The monoisotopic (exact) mass is 213 g/mol. The fourth-order valence-electron chi connectivity index (χ4n) is 0.988. The standard InChI is InChI=1S/C9H12FN3O2/c1-15-6-2-3-7(10)8(4-6)12-5-9(11)13-14/h2-4,12,14H,5H2,1H3,(H2,11,13). The lowest BCUT2D eigenvalue weighted by atomic mass is 10.3. The number of nitrogens with two attached hydrogens (primary N) is 1. The van der Waals surface area contributed by atoms with Crippen LogP contribution < -0.4 is 15.8 Å². The zero-order valence-corrected chi connectivity index (χ0v) is 8.20. The van der Waals surface area contributed by atoms with Crippen LogP contribution in [0.4, 0.5) is 10.1 Å². The van der Waals surface area contributed by atoms with Gasteiger partial charge in [-0.05, 0) is 12.1 Å². The third-order valence-electron chi connectivity index (χ3n) is 1.76. The fourth-order valence-corrected chi connectivity index (χ4v) is 0.988. The third kappa shape index (κ3) is 3.01. The summed E-state index contributed by atoms with van der Waals surface area (Å²) < 4.78 is 18.1. The first-order chi connectivity index (χ1) is 7.17. The molecule has 0 radical (unpaired) electrons. The van der Waals surface area contributed by atoms with Gasteiger partial charge in [0.15, 0.2) is 5.84 Å². The predicted octanol–water partition coefficient (Wildman–Crippen LogP) is 0.993. The Bertz CT molecular complexity index is 368. The Kier molecular flexibility index (Phi) is 3.73. The van der Waals surface area contributed by atoms with Gasteiger partial charge in [0.1, 0.15) is 11.6 Å². The zero-order valence-electron chi connectivity index (χ0n) is 8.20. The van der Waals surface area contributed by atoms with Crippen molar-refractivity contribution in [2.75, 3.05) is 19.0 Å². The summed E-state index contributed by atoms with van der Waals surface area (Å²) in [6.07, 6.45) is 0. The molecule has 0 saturated carbocycles. The number of ether oxygens (including phenoxy) is 1. The van der Waals surface area contributed by atoms with Crippen molar-refractivity contribution in [3.8, 4) is 5.75 Å². The average Bonchev–Trinajstić information content (AvgIpc) is 2.27. The largest absolute Gasteiger partial charge is 0.497 e. The van der Waals surface area contributed by atoms with Gasteiger partial charge in [-0.2, -0.15) is 0 Å². The highest BCUT2D eigenvalue weighted by Gasteiger charge is 2.03. The Morgan fingerprint density at radius 1 is 1.67 bits per heavy atom. The molecule has 1 aromatic rings. The molecule has 82 valence electrons. The lowest BCUT2D eigenvalue weighted by Gasteiger charge is -2.08. The van der Waals surface area contributed by atoms with Gasteiger partial charge in [0.05, 0.1) is 19.3 Å². The minimum absolute atomic E-state index is 0.0304. The maximum absolute atomic E-state index is 13.2. The summed E-state index contributed by atoms with van der Waals surface area (Å²) in [7, 11) is 1.49. The van der Waals surface area contributed by atoms with E-state index in [1.807, 2.05) is 0 Å². The van der Waals surface area contributed by atoms with E-state index in [0.29, 0.717) is 5.75 Å². The summed E-state index contributed by atoms with van der Waals surface area (Å²) >= 11 is 0. The van der Waals surface area contributed by atoms with E-state index < -0.39 is 5.82 Å². The number of amidine groups is 1. The van der Waals surface area contributed by atoms with Crippen LogP contribution in [-0.4, -0.2) is 24.7 Å². The van der Waals surface area contributed by atoms with Gasteiger partial charge in [-0.15, -0.1) is 0 Å². The van der Waals surface area contributed by atoms with E-state index in [0.717, 1.165) is 0 Å². The lowest BCUT2D eigenvalue weighted by molar-refractivity contribution is 0.317. The van der Waals surface area contributed by atoms with Gasteiger partial charge in [-0.25, -0.2) is 4.39 Å². The molecular formula is C9H12FN3O2. The number of rotatable bonds is 4. The number of halogens is 1. The van der Waals surface area contributed by atoms with Crippen molar-refractivity contribution in [3.05, 3.63) is 24.0 Å². The first-order valence-corrected chi connectivity index (χ1v) is 4.21. The molecule has 1 rings (SSSR count). The summed E-state index contributed by atoms with van der Waals surface area (Å²) in [6.45, 7) is 0.0561. The Hall–Kier alpha value is -1.98. The number of hydrogen-bond donors (Lipinski definition) is 3. The summed E-state index contributed by atoms with van der Waals surface area (Å²) in [5, 5.41) is 13.7. The first-order valence-electron chi connectivity index (χ1n) is 4.21.